The summed E-state index contributed by atoms with van der Waals surface area (Å²) in [6.45, 7) is 0. The van der Waals surface area contributed by atoms with Gasteiger partial charge in [-0.15, -0.1) is 0 Å². The van der Waals surface area contributed by atoms with Gasteiger partial charge in [-0.3, -0.25) is 4.52 Å². The molecule has 0 aromatic carbocycles. The Balaban J connectivity index is 3.61. The third-order valence-corrected chi connectivity index (χ3v) is 1.63. The van der Waals surface area contributed by atoms with Gasteiger partial charge in [-0.1, -0.05) is 0 Å². The van der Waals surface area contributed by atoms with Crippen molar-refractivity contribution < 1.29 is 13.2 Å². The van der Waals surface area contributed by atoms with Crippen molar-refractivity contribution >= 4 is 19.6 Å². The van der Waals surface area contributed by atoms with Crippen LogP contribution < -0.4 is 5.50 Å². The van der Waals surface area contributed by atoms with Gasteiger partial charge in [0.25, 0.3) is 0 Å². The van der Waals surface area contributed by atoms with Crippen LogP contribution in [0.5, 0.6) is 0 Å². The second-order valence-electron chi connectivity index (χ2n) is 0.791. The third kappa shape index (κ3) is 3.02. The molecule has 7 heavy (non-hydrogen) atoms. The highest BCUT2D eigenvalue weighted by atomic mass is 35.5. The summed E-state index contributed by atoms with van der Waals surface area (Å²) < 4.78 is 17.9. The summed E-state index contributed by atoms with van der Waals surface area (Å²) >= 11 is 4.58. The van der Waals surface area contributed by atoms with Crippen LogP contribution in [-0.2, 0) is 13.2 Å². The standard InChI is InChI=1S/CH5ClNO3P/c1-5-7(3,4)6-2/h1H3,(H2,3,4). The molecule has 1 atom stereocenters. The van der Waals surface area contributed by atoms with Crippen molar-refractivity contribution in [1.29, 1.82) is 0 Å². The maximum absolute atomic E-state index is 10.2. The van der Waals surface area contributed by atoms with Crippen molar-refractivity contribution in [3.63, 3.8) is 0 Å². The fraction of sp³-hybridized carbons (Fsp3) is 1.00. The molecular formula is CH5ClNO3P. The van der Waals surface area contributed by atoms with Crippen molar-refractivity contribution in [2.75, 3.05) is 7.11 Å². The Bertz CT molecular complexity index is 86.9. The molecule has 0 saturated heterocycles. The second kappa shape index (κ2) is 2.64. The monoisotopic (exact) mass is 145 g/mol. The SMILES string of the molecule is COP(N)(=O)OCl. The zero-order chi connectivity index (χ0) is 5.91. The molecule has 0 aliphatic rings. The van der Waals surface area contributed by atoms with Gasteiger partial charge in [-0.05, 0) is 0 Å². The van der Waals surface area contributed by atoms with E-state index in [2.05, 4.69) is 20.5 Å². The van der Waals surface area contributed by atoms with Crippen LogP contribution in [0.15, 0.2) is 0 Å². The minimum atomic E-state index is -3.39. The highest BCUT2D eigenvalue weighted by Gasteiger charge is 2.12. The minimum absolute atomic E-state index is 1.14. The lowest BCUT2D eigenvalue weighted by molar-refractivity contribution is 0.332. The van der Waals surface area contributed by atoms with E-state index >= 15 is 0 Å². The lowest BCUT2D eigenvalue weighted by Gasteiger charge is -2.00. The molecule has 2 N–H and O–H groups in total. The van der Waals surface area contributed by atoms with E-state index < -0.39 is 7.75 Å². The van der Waals surface area contributed by atoms with Crippen LogP contribution >= 0.6 is 19.6 Å². The number of hydrogen-bond acceptors (Lipinski definition) is 3. The highest BCUT2D eigenvalue weighted by Crippen LogP contribution is 2.38. The van der Waals surface area contributed by atoms with Crippen LogP contribution in [0, 0.1) is 0 Å². The second-order valence-corrected chi connectivity index (χ2v) is 2.79. The summed E-state index contributed by atoms with van der Waals surface area (Å²) in [6.07, 6.45) is 0. The summed E-state index contributed by atoms with van der Waals surface area (Å²) in [6, 6.07) is 0. The van der Waals surface area contributed by atoms with Gasteiger partial charge in [-0.25, -0.2) is 10.1 Å². The van der Waals surface area contributed by atoms with Crippen LogP contribution in [0.25, 0.3) is 0 Å². The minimum Gasteiger partial charge on any atom is -0.299 e. The molecule has 0 rings (SSSR count). The van der Waals surface area contributed by atoms with E-state index in [1.54, 1.807) is 0 Å². The van der Waals surface area contributed by atoms with Gasteiger partial charge in [0, 0.05) is 7.11 Å². The van der Waals surface area contributed by atoms with Crippen molar-refractivity contribution in [2.24, 2.45) is 5.50 Å². The molecule has 0 aromatic heterocycles. The van der Waals surface area contributed by atoms with Gasteiger partial charge in [-0.2, -0.15) is 4.08 Å². The lowest BCUT2D eigenvalue weighted by Crippen LogP contribution is -1.94. The number of hydrogen-bond donors (Lipinski definition) is 1. The maximum atomic E-state index is 10.2. The predicted octanol–water partition coefficient (Wildman–Crippen LogP) is 0.870. The zero-order valence-electron chi connectivity index (χ0n) is 3.63. The molecule has 0 amide bonds. The Morgan fingerprint density at radius 1 is 1.86 bits per heavy atom. The summed E-state index contributed by atoms with van der Waals surface area (Å²) in [5, 5.41) is 0. The molecule has 6 heteroatoms. The van der Waals surface area contributed by atoms with E-state index in [1.165, 1.54) is 0 Å². The van der Waals surface area contributed by atoms with Crippen molar-refractivity contribution in [1.82, 2.24) is 0 Å². The molecule has 0 spiro atoms. The Morgan fingerprint density at radius 3 is 2.29 bits per heavy atom. The average molecular weight is 145 g/mol. The smallest absolute Gasteiger partial charge is 0.299 e. The fourth-order valence-electron chi connectivity index (χ4n) is 0.0282. The van der Waals surface area contributed by atoms with Gasteiger partial charge < -0.3 is 0 Å². The Hall–Kier alpha value is 0.400. The van der Waals surface area contributed by atoms with Gasteiger partial charge in [0.1, 0.15) is 0 Å². The Kier molecular flexibility index (Phi) is 2.80. The largest absolute Gasteiger partial charge is 0.418 e. The molecule has 4 nitrogen and oxygen atoms in total. The first kappa shape index (κ1) is 7.40. The molecule has 1 unspecified atom stereocenters. The van der Waals surface area contributed by atoms with E-state index in [4.69, 9.17) is 5.50 Å². The van der Waals surface area contributed by atoms with Crippen LogP contribution in [0.2, 0.25) is 0 Å². The highest BCUT2D eigenvalue weighted by molar-refractivity contribution is 7.52. The third-order valence-electron chi connectivity index (χ3n) is 0.351. The van der Waals surface area contributed by atoms with Gasteiger partial charge in [0.05, 0.1) is 11.9 Å². The van der Waals surface area contributed by atoms with Crippen molar-refractivity contribution in [2.45, 2.75) is 0 Å². The molecule has 0 aliphatic heterocycles. The van der Waals surface area contributed by atoms with Crippen molar-refractivity contribution in [3.05, 3.63) is 0 Å². The average Bonchev–Trinajstić information content (AvgIpc) is 1.68. The summed E-state index contributed by atoms with van der Waals surface area (Å²) in [5.74, 6) is 0. The van der Waals surface area contributed by atoms with E-state index in [0.29, 0.717) is 0 Å². The first-order chi connectivity index (χ1) is 3.12. The Labute approximate surface area is 46.3 Å². The van der Waals surface area contributed by atoms with E-state index in [0.717, 1.165) is 7.11 Å². The first-order valence-corrected chi connectivity index (χ1v) is 3.29. The van der Waals surface area contributed by atoms with E-state index in [9.17, 15) is 4.57 Å². The molecule has 0 heterocycles. The van der Waals surface area contributed by atoms with Gasteiger partial charge in [0.15, 0.2) is 0 Å². The Morgan fingerprint density at radius 2 is 2.29 bits per heavy atom. The zero-order valence-corrected chi connectivity index (χ0v) is 5.28. The molecule has 44 valence electrons. The molecule has 0 saturated carbocycles. The van der Waals surface area contributed by atoms with E-state index in [-0.39, 0.29) is 0 Å². The predicted molar refractivity (Wildman–Crippen MR) is 25.7 cm³/mol. The molecule has 0 aliphatic carbocycles. The fourth-order valence-corrected chi connectivity index (χ4v) is 0.254. The molecule has 0 aromatic rings. The molecular weight excluding hydrogens is 140 g/mol. The van der Waals surface area contributed by atoms with Crippen LogP contribution in [0.4, 0.5) is 0 Å². The number of rotatable bonds is 2. The lowest BCUT2D eigenvalue weighted by atomic mass is 11.8. The van der Waals surface area contributed by atoms with Gasteiger partial charge >= 0.3 is 7.75 Å². The molecule has 0 bridgehead atoms. The summed E-state index contributed by atoms with van der Waals surface area (Å²) in [5.41, 5.74) is 4.69. The van der Waals surface area contributed by atoms with Crippen LogP contribution in [0.3, 0.4) is 0 Å². The summed E-state index contributed by atoms with van der Waals surface area (Å²) in [7, 11) is -2.25. The topological polar surface area (TPSA) is 61.5 Å². The normalized spacial score (nSPS) is 18.7. The molecule has 0 fully saturated rings. The molecule has 0 radical (unpaired) electrons. The summed E-state index contributed by atoms with van der Waals surface area (Å²) in [4.78, 5) is 0. The number of nitrogens with two attached hydrogens (primary N) is 1. The van der Waals surface area contributed by atoms with Gasteiger partial charge in [0.2, 0.25) is 0 Å². The van der Waals surface area contributed by atoms with Crippen molar-refractivity contribution in [3.8, 4) is 0 Å². The number of halogens is 1. The first-order valence-electron chi connectivity index (χ1n) is 1.37. The van der Waals surface area contributed by atoms with E-state index in [1.807, 2.05) is 0 Å². The quantitative estimate of drug-likeness (QED) is 0.586. The van der Waals surface area contributed by atoms with Crippen LogP contribution in [-0.4, -0.2) is 7.11 Å². The van der Waals surface area contributed by atoms with Crippen LogP contribution in [0.1, 0.15) is 0 Å². The maximum Gasteiger partial charge on any atom is 0.418 e.